The van der Waals surface area contributed by atoms with Crippen molar-refractivity contribution in [3.63, 3.8) is 0 Å². The van der Waals surface area contributed by atoms with Crippen molar-refractivity contribution in [1.29, 1.82) is 0 Å². The van der Waals surface area contributed by atoms with Crippen LogP contribution in [0.2, 0.25) is 0 Å². The number of rotatable bonds is 7. The Hall–Kier alpha value is -6.44. The van der Waals surface area contributed by atoms with Crippen molar-refractivity contribution in [3.8, 4) is 33.4 Å². The molecule has 0 aliphatic heterocycles. The van der Waals surface area contributed by atoms with Crippen LogP contribution in [0.15, 0.2) is 188 Å². The van der Waals surface area contributed by atoms with Gasteiger partial charge in [0.2, 0.25) is 0 Å². The van der Waals surface area contributed by atoms with E-state index in [1.165, 1.54) is 121 Å². The lowest BCUT2D eigenvalue weighted by Crippen LogP contribution is -2.28. The number of benzene rings is 8. The van der Waals surface area contributed by atoms with Crippen molar-refractivity contribution >= 4 is 17.1 Å². The highest BCUT2D eigenvalue weighted by molar-refractivity contribution is 6.00. The van der Waals surface area contributed by atoms with Crippen LogP contribution in [0.3, 0.4) is 0 Å². The van der Waals surface area contributed by atoms with Gasteiger partial charge < -0.3 is 4.90 Å². The number of aryl methyl sites for hydroxylation is 4. The van der Waals surface area contributed by atoms with Crippen LogP contribution in [0.5, 0.6) is 0 Å². The molecule has 0 N–H and O–H groups in total. The average molecular weight is 746 g/mol. The first kappa shape index (κ1) is 34.8. The van der Waals surface area contributed by atoms with E-state index in [4.69, 9.17) is 0 Å². The van der Waals surface area contributed by atoms with E-state index in [2.05, 4.69) is 193 Å². The molecule has 0 bridgehead atoms. The second-order valence-corrected chi connectivity index (χ2v) is 16.5. The standard InChI is InChI=1S/C57H47N/c1-5-20-41(21-6-1)50-36-43-23-15-16-24-44(43)37-51(50)53-38-52-49-31-17-18-32-54(49)57(45-25-7-2-8-26-45,46-27-9-3-10-28-46)55(52)39-56(53)58(47-29-11-4-12-30-47)48-34-33-40-19-13-14-22-42(40)35-48/h1-12,17-18,20-21,25-39H,13-16,19,22-24H2. The van der Waals surface area contributed by atoms with E-state index in [1.54, 1.807) is 0 Å². The van der Waals surface area contributed by atoms with E-state index in [0.717, 1.165) is 25.7 Å². The average Bonchev–Trinajstić information content (AvgIpc) is 3.59. The van der Waals surface area contributed by atoms with Crippen molar-refractivity contribution in [2.24, 2.45) is 0 Å². The summed E-state index contributed by atoms with van der Waals surface area (Å²) in [5.41, 5.74) is 22.0. The fourth-order valence-electron chi connectivity index (χ4n) is 10.6. The van der Waals surface area contributed by atoms with Gasteiger partial charge in [-0.2, -0.15) is 0 Å². The van der Waals surface area contributed by atoms with Crippen LogP contribution < -0.4 is 4.90 Å². The summed E-state index contributed by atoms with van der Waals surface area (Å²) in [6.45, 7) is 0. The number of nitrogens with zero attached hydrogens (tertiary/aromatic N) is 1. The first-order valence-electron chi connectivity index (χ1n) is 21.4. The molecule has 0 atom stereocenters. The Morgan fingerprint density at radius 3 is 1.52 bits per heavy atom. The first-order chi connectivity index (χ1) is 28.8. The van der Waals surface area contributed by atoms with Gasteiger partial charge in [-0.05, 0) is 160 Å². The molecule has 0 unspecified atom stereocenters. The Bertz CT molecular complexity index is 2730. The van der Waals surface area contributed by atoms with Crippen molar-refractivity contribution in [2.45, 2.75) is 56.8 Å². The van der Waals surface area contributed by atoms with Crippen LogP contribution in [0.4, 0.5) is 17.1 Å². The molecule has 0 heterocycles. The Balaban J connectivity index is 1.29. The largest absolute Gasteiger partial charge is 0.310 e. The first-order valence-corrected chi connectivity index (χ1v) is 21.4. The third-order valence-electron chi connectivity index (χ3n) is 13.3. The molecule has 0 saturated heterocycles. The minimum absolute atomic E-state index is 0.516. The maximum atomic E-state index is 2.59. The van der Waals surface area contributed by atoms with Gasteiger partial charge in [-0.1, -0.05) is 152 Å². The minimum atomic E-state index is -0.516. The van der Waals surface area contributed by atoms with Gasteiger partial charge >= 0.3 is 0 Å². The monoisotopic (exact) mass is 745 g/mol. The van der Waals surface area contributed by atoms with Gasteiger partial charge in [0.15, 0.2) is 0 Å². The highest BCUT2D eigenvalue weighted by atomic mass is 15.1. The molecular weight excluding hydrogens is 699 g/mol. The van der Waals surface area contributed by atoms with Gasteiger partial charge in [0, 0.05) is 16.9 Å². The van der Waals surface area contributed by atoms with Gasteiger partial charge in [0.1, 0.15) is 0 Å². The number of anilines is 3. The highest BCUT2D eigenvalue weighted by Crippen LogP contribution is 2.59. The van der Waals surface area contributed by atoms with Crippen LogP contribution in [-0.4, -0.2) is 0 Å². The summed E-state index contributed by atoms with van der Waals surface area (Å²) >= 11 is 0. The predicted molar refractivity (Wildman–Crippen MR) is 243 cm³/mol. The van der Waals surface area contributed by atoms with Crippen molar-refractivity contribution in [2.75, 3.05) is 4.90 Å². The topological polar surface area (TPSA) is 3.24 Å². The van der Waals surface area contributed by atoms with Crippen LogP contribution in [0.25, 0.3) is 33.4 Å². The van der Waals surface area contributed by atoms with Crippen LogP contribution in [0, 0.1) is 0 Å². The molecule has 1 heteroatoms. The summed E-state index contributed by atoms with van der Waals surface area (Å²) < 4.78 is 0. The third kappa shape index (κ3) is 5.67. The lowest BCUT2D eigenvalue weighted by atomic mass is 9.67. The van der Waals surface area contributed by atoms with Crippen LogP contribution in [-0.2, 0) is 31.1 Å². The second kappa shape index (κ2) is 14.5. The molecule has 1 nitrogen and oxygen atoms in total. The maximum Gasteiger partial charge on any atom is 0.0714 e. The summed E-state index contributed by atoms with van der Waals surface area (Å²) in [5, 5.41) is 0. The molecule has 58 heavy (non-hydrogen) atoms. The fraction of sp³-hybridized carbons (Fsp3) is 0.158. The molecule has 8 aromatic carbocycles. The van der Waals surface area contributed by atoms with Gasteiger partial charge in [-0.15, -0.1) is 0 Å². The van der Waals surface area contributed by atoms with E-state index >= 15 is 0 Å². The van der Waals surface area contributed by atoms with Gasteiger partial charge in [0.05, 0.1) is 11.1 Å². The predicted octanol–water partition coefficient (Wildman–Crippen LogP) is 14.6. The van der Waals surface area contributed by atoms with E-state index < -0.39 is 5.41 Å². The zero-order valence-corrected chi connectivity index (χ0v) is 33.0. The van der Waals surface area contributed by atoms with Gasteiger partial charge in [0.25, 0.3) is 0 Å². The second-order valence-electron chi connectivity index (χ2n) is 16.5. The molecule has 280 valence electrons. The van der Waals surface area contributed by atoms with Gasteiger partial charge in [-0.3, -0.25) is 0 Å². The molecule has 0 saturated carbocycles. The smallest absolute Gasteiger partial charge is 0.0714 e. The quantitative estimate of drug-likeness (QED) is 0.157. The van der Waals surface area contributed by atoms with Crippen LogP contribution >= 0.6 is 0 Å². The number of hydrogen-bond acceptors (Lipinski definition) is 1. The molecule has 0 spiro atoms. The molecule has 11 rings (SSSR count). The van der Waals surface area contributed by atoms with Crippen molar-refractivity contribution < 1.29 is 0 Å². The zero-order chi connectivity index (χ0) is 38.5. The van der Waals surface area contributed by atoms with Crippen molar-refractivity contribution in [1.82, 2.24) is 0 Å². The molecule has 0 radical (unpaired) electrons. The summed E-state index contributed by atoms with van der Waals surface area (Å²) in [6.07, 6.45) is 9.57. The summed E-state index contributed by atoms with van der Waals surface area (Å²) in [7, 11) is 0. The molecule has 0 aromatic heterocycles. The Morgan fingerprint density at radius 2 is 0.862 bits per heavy atom. The van der Waals surface area contributed by atoms with Gasteiger partial charge in [-0.25, -0.2) is 0 Å². The lowest BCUT2D eigenvalue weighted by Gasteiger charge is -2.36. The maximum absolute atomic E-state index is 2.59. The number of para-hydroxylation sites is 1. The molecule has 0 amide bonds. The third-order valence-corrected chi connectivity index (χ3v) is 13.3. The fourth-order valence-corrected chi connectivity index (χ4v) is 10.6. The molecule has 3 aliphatic carbocycles. The Morgan fingerprint density at radius 1 is 0.328 bits per heavy atom. The van der Waals surface area contributed by atoms with E-state index in [9.17, 15) is 0 Å². The summed E-state index contributed by atoms with van der Waals surface area (Å²) in [5.74, 6) is 0. The SMILES string of the molecule is c1ccc(-c2cc3c(cc2-c2cc4c(cc2N(c2ccccc2)c2ccc5c(c2)CCCC5)C(c2ccccc2)(c2ccccc2)c2ccccc2-4)CCCC3)cc1. The number of hydrogen-bond donors (Lipinski definition) is 0. The van der Waals surface area contributed by atoms with E-state index in [0.29, 0.717) is 0 Å². The summed E-state index contributed by atoms with van der Waals surface area (Å²) in [6, 6.07) is 71.4. The lowest BCUT2D eigenvalue weighted by molar-refractivity contribution is 0.685. The molecule has 3 aliphatic rings. The number of fused-ring (bicyclic) bond motifs is 5. The highest BCUT2D eigenvalue weighted by Gasteiger charge is 2.47. The van der Waals surface area contributed by atoms with Crippen molar-refractivity contribution in [3.05, 3.63) is 233 Å². The Labute approximate surface area is 343 Å². The van der Waals surface area contributed by atoms with Crippen LogP contribution in [0.1, 0.15) is 70.2 Å². The normalized spacial score (nSPS) is 14.8. The molecule has 8 aromatic rings. The van der Waals surface area contributed by atoms with E-state index in [-0.39, 0.29) is 0 Å². The Kier molecular flexibility index (Phi) is 8.69. The van der Waals surface area contributed by atoms with E-state index in [1.807, 2.05) is 0 Å². The minimum Gasteiger partial charge on any atom is -0.310 e. The molecular formula is C57H47N. The molecule has 0 fully saturated rings. The summed E-state index contributed by atoms with van der Waals surface area (Å²) in [4.78, 5) is 2.57. The zero-order valence-electron chi connectivity index (χ0n) is 33.0.